The minimum atomic E-state index is 0.320. The molecule has 2 rings (SSSR count). The SMILES string of the molecule is CN1CCC(c2cc(N)c(N)nn2)C1. The van der Waals surface area contributed by atoms with Crippen molar-refractivity contribution in [1.82, 2.24) is 15.1 Å². The smallest absolute Gasteiger partial charge is 0.169 e. The molecular formula is C9H15N5. The van der Waals surface area contributed by atoms with Crippen molar-refractivity contribution in [3.8, 4) is 0 Å². The number of likely N-dealkylation sites (N-methyl/N-ethyl adjacent to an activating group) is 1. The Morgan fingerprint density at radius 3 is 2.79 bits per heavy atom. The lowest BCUT2D eigenvalue weighted by Crippen LogP contribution is -2.14. The van der Waals surface area contributed by atoms with Crippen molar-refractivity contribution in [3.63, 3.8) is 0 Å². The van der Waals surface area contributed by atoms with Crippen molar-refractivity contribution in [2.24, 2.45) is 0 Å². The Balaban J connectivity index is 2.20. The molecule has 1 saturated heterocycles. The number of nitrogens with zero attached hydrogens (tertiary/aromatic N) is 3. The number of hydrogen-bond acceptors (Lipinski definition) is 5. The second kappa shape index (κ2) is 3.42. The van der Waals surface area contributed by atoms with E-state index in [0.29, 0.717) is 17.4 Å². The van der Waals surface area contributed by atoms with E-state index >= 15 is 0 Å². The van der Waals surface area contributed by atoms with E-state index in [9.17, 15) is 0 Å². The van der Waals surface area contributed by atoms with Crippen molar-refractivity contribution in [2.45, 2.75) is 12.3 Å². The molecule has 0 amide bonds. The van der Waals surface area contributed by atoms with Crippen LogP contribution >= 0.6 is 0 Å². The van der Waals surface area contributed by atoms with Crippen molar-refractivity contribution in [1.29, 1.82) is 0 Å². The summed E-state index contributed by atoms with van der Waals surface area (Å²) in [6.45, 7) is 2.13. The molecule has 0 aliphatic carbocycles. The number of hydrogen-bond donors (Lipinski definition) is 2. The monoisotopic (exact) mass is 193 g/mol. The van der Waals surface area contributed by atoms with Crippen LogP contribution in [-0.2, 0) is 0 Å². The highest BCUT2D eigenvalue weighted by molar-refractivity contribution is 5.57. The van der Waals surface area contributed by atoms with Crippen LogP contribution in [0.1, 0.15) is 18.0 Å². The highest BCUT2D eigenvalue weighted by atomic mass is 15.2. The first-order valence-electron chi connectivity index (χ1n) is 4.74. The molecule has 14 heavy (non-hydrogen) atoms. The van der Waals surface area contributed by atoms with E-state index in [1.165, 1.54) is 0 Å². The first-order valence-corrected chi connectivity index (χ1v) is 4.74. The largest absolute Gasteiger partial charge is 0.396 e. The van der Waals surface area contributed by atoms with Crippen LogP contribution in [0.15, 0.2) is 6.07 Å². The Kier molecular flexibility index (Phi) is 2.25. The van der Waals surface area contributed by atoms with Gasteiger partial charge in [-0.05, 0) is 26.1 Å². The molecule has 1 unspecified atom stereocenters. The molecule has 2 heterocycles. The average molecular weight is 193 g/mol. The van der Waals surface area contributed by atoms with Crippen LogP contribution < -0.4 is 11.5 Å². The van der Waals surface area contributed by atoms with Crippen LogP contribution in [0.4, 0.5) is 11.5 Å². The van der Waals surface area contributed by atoms with Crippen molar-refractivity contribution in [3.05, 3.63) is 11.8 Å². The van der Waals surface area contributed by atoms with Gasteiger partial charge in [-0.15, -0.1) is 5.10 Å². The molecule has 0 bridgehead atoms. The lowest BCUT2D eigenvalue weighted by atomic mass is 10.0. The van der Waals surface area contributed by atoms with Gasteiger partial charge in [-0.1, -0.05) is 0 Å². The molecule has 76 valence electrons. The van der Waals surface area contributed by atoms with Gasteiger partial charge < -0.3 is 16.4 Å². The van der Waals surface area contributed by atoms with Crippen LogP contribution in [-0.4, -0.2) is 35.2 Å². The molecule has 0 aromatic carbocycles. The van der Waals surface area contributed by atoms with Gasteiger partial charge in [-0.3, -0.25) is 0 Å². The van der Waals surface area contributed by atoms with E-state index in [2.05, 4.69) is 22.1 Å². The van der Waals surface area contributed by atoms with E-state index in [0.717, 1.165) is 25.2 Å². The maximum atomic E-state index is 5.68. The second-order valence-electron chi connectivity index (χ2n) is 3.86. The Hall–Kier alpha value is -1.36. The molecule has 0 radical (unpaired) electrons. The maximum absolute atomic E-state index is 5.68. The number of aromatic nitrogens is 2. The molecule has 1 fully saturated rings. The Labute approximate surface area is 83.1 Å². The minimum absolute atomic E-state index is 0.320. The molecule has 1 aliphatic heterocycles. The molecule has 1 aromatic rings. The fourth-order valence-corrected chi connectivity index (χ4v) is 1.81. The first-order chi connectivity index (χ1) is 6.66. The normalized spacial score (nSPS) is 22.8. The number of nitrogens with two attached hydrogens (primary N) is 2. The van der Waals surface area contributed by atoms with Gasteiger partial charge in [0.2, 0.25) is 0 Å². The van der Waals surface area contributed by atoms with Crippen molar-refractivity contribution in [2.75, 3.05) is 31.6 Å². The Morgan fingerprint density at radius 2 is 2.21 bits per heavy atom. The third-order valence-electron chi connectivity index (χ3n) is 2.68. The zero-order chi connectivity index (χ0) is 10.1. The highest BCUT2D eigenvalue weighted by Crippen LogP contribution is 2.26. The third kappa shape index (κ3) is 1.63. The zero-order valence-corrected chi connectivity index (χ0v) is 8.27. The van der Waals surface area contributed by atoms with Crippen LogP contribution in [0.2, 0.25) is 0 Å². The summed E-state index contributed by atoms with van der Waals surface area (Å²) in [6.07, 6.45) is 1.12. The van der Waals surface area contributed by atoms with Crippen molar-refractivity contribution >= 4 is 11.5 Å². The van der Waals surface area contributed by atoms with E-state index in [1.54, 1.807) is 0 Å². The number of nitrogen functional groups attached to an aromatic ring is 2. The van der Waals surface area contributed by atoms with Crippen molar-refractivity contribution < 1.29 is 0 Å². The number of anilines is 2. The van der Waals surface area contributed by atoms with E-state index in [1.807, 2.05) is 6.07 Å². The Morgan fingerprint density at radius 1 is 1.43 bits per heavy atom. The predicted octanol–water partition coefficient (Wildman–Crippen LogP) is 0.0601. The van der Waals surface area contributed by atoms with Crippen LogP contribution in [0.5, 0.6) is 0 Å². The van der Waals surface area contributed by atoms with Gasteiger partial charge in [0.05, 0.1) is 11.4 Å². The molecule has 1 aromatic heterocycles. The zero-order valence-electron chi connectivity index (χ0n) is 8.27. The summed E-state index contributed by atoms with van der Waals surface area (Å²) in [7, 11) is 2.11. The molecule has 0 spiro atoms. The molecular weight excluding hydrogens is 178 g/mol. The molecule has 5 heteroatoms. The van der Waals surface area contributed by atoms with Gasteiger partial charge in [-0.25, -0.2) is 0 Å². The predicted molar refractivity (Wildman–Crippen MR) is 55.7 cm³/mol. The Bertz CT molecular complexity index is 338. The quantitative estimate of drug-likeness (QED) is 0.659. The molecule has 5 nitrogen and oxygen atoms in total. The topological polar surface area (TPSA) is 81.1 Å². The molecule has 4 N–H and O–H groups in total. The van der Waals surface area contributed by atoms with E-state index < -0.39 is 0 Å². The average Bonchev–Trinajstić information content (AvgIpc) is 2.57. The highest BCUT2D eigenvalue weighted by Gasteiger charge is 2.22. The first kappa shape index (κ1) is 9.21. The number of rotatable bonds is 1. The third-order valence-corrected chi connectivity index (χ3v) is 2.68. The molecule has 1 atom stereocenters. The standard InChI is InChI=1S/C9H15N5/c1-14-3-2-6(5-14)8-4-7(10)9(11)13-12-8/h4,6H,2-3,5H2,1H3,(H2,10,12)(H2,11,13). The summed E-state index contributed by atoms with van der Waals surface area (Å²) < 4.78 is 0. The summed E-state index contributed by atoms with van der Waals surface area (Å²) in [5.74, 6) is 0.774. The van der Waals surface area contributed by atoms with Gasteiger partial charge in [0, 0.05) is 12.5 Å². The lowest BCUT2D eigenvalue weighted by molar-refractivity contribution is 0.410. The lowest BCUT2D eigenvalue weighted by Gasteiger charge is -2.09. The summed E-state index contributed by atoms with van der Waals surface area (Å²) in [5.41, 5.74) is 12.7. The summed E-state index contributed by atoms with van der Waals surface area (Å²) >= 11 is 0. The summed E-state index contributed by atoms with van der Waals surface area (Å²) in [5, 5.41) is 7.91. The fraction of sp³-hybridized carbons (Fsp3) is 0.556. The number of likely N-dealkylation sites (tertiary alicyclic amines) is 1. The summed E-state index contributed by atoms with van der Waals surface area (Å²) in [6, 6.07) is 1.84. The van der Waals surface area contributed by atoms with Crippen LogP contribution in [0, 0.1) is 0 Å². The van der Waals surface area contributed by atoms with Gasteiger partial charge in [0.25, 0.3) is 0 Å². The fourth-order valence-electron chi connectivity index (χ4n) is 1.81. The van der Waals surface area contributed by atoms with Gasteiger partial charge in [0.1, 0.15) is 0 Å². The summed E-state index contributed by atoms with van der Waals surface area (Å²) in [4.78, 5) is 2.28. The van der Waals surface area contributed by atoms with Crippen LogP contribution in [0.25, 0.3) is 0 Å². The van der Waals surface area contributed by atoms with E-state index in [-0.39, 0.29) is 0 Å². The molecule has 1 aliphatic rings. The maximum Gasteiger partial charge on any atom is 0.169 e. The minimum Gasteiger partial charge on any atom is -0.396 e. The van der Waals surface area contributed by atoms with Gasteiger partial charge >= 0.3 is 0 Å². The van der Waals surface area contributed by atoms with Gasteiger partial charge in [0.15, 0.2) is 5.82 Å². The van der Waals surface area contributed by atoms with Gasteiger partial charge in [-0.2, -0.15) is 5.10 Å². The van der Waals surface area contributed by atoms with Crippen LogP contribution in [0.3, 0.4) is 0 Å². The second-order valence-corrected chi connectivity index (χ2v) is 3.86. The molecule has 0 saturated carbocycles. The van der Waals surface area contributed by atoms with E-state index in [4.69, 9.17) is 11.5 Å².